The molecular weight excluding hydrogens is 518 g/mol. The predicted molar refractivity (Wildman–Crippen MR) is 138 cm³/mol. The molecular formula is C26H30F2N4O5S. The highest BCUT2D eigenvalue weighted by molar-refractivity contribution is 7.82. The lowest BCUT2D eigenvalue weighted by molar-refractivity contribution is -0.129. The molecule has 2 amide bonds. The van der Waals surface area contributed by atoms with Crippen LogP contribution in [0.2, 0.25) is 0 Å². The van der Waals surface area contributed by atoms with E-state index in [1.165, 1.54) is 29.8 Å². The summed E-state index contributed by atoms with van der Waals surface area (Å²) < 4.78 is 49.0. The van der Waals surface area contributed by atoms with Crippen molar-refractivity contribution in [1.82, 2.24) is 19.7 Å². The molecule has 0 radical (unpaired) electrons. The maximum Gasteiger partial charge on any atom is 0.258 e. The first-order valence-corrected chi connectivity index (χ1v) is 12.8. The van der Waals surface area contributed by atoms with Gasteiger partial charge in [-0.05, 0) is 43.3 Å². The number of carbonyl (C=O) groups excluding carboxylic acids is 2. The number of carbonyl (C=O) groups is 2. The van der Waals surface area contributed by atoms with Gasteiger partial charge in [-0.15, -0.1) is 0 Å². The molecule has 1 atom stereocenters. The normalized spacial score (nSPS) is 11.3. The highest BCUT2D eigenvalue weighted by atomic mass is 32.2. The molecule has 1 heterocycles. The smallest absolute Gasteiger partial charge is 0.258 e. The van der Waals surface area contributed by atoms with E-state index in [0.717, 1.165) is 22.0 Å². The molecule has 9 nitrogen and oxygen atoms in total. The number of hydrogen-bond acceptors (Lipinski definition) is 6. The van der Waals surface area contributed by atoms with Crippen molar-refractivity contribution in [2.45, 2.75) is 25.7 Å². The van der Waals surface area contributed by atoms with E-state index in [9.17, 15) is 22.6 Å². The molecule has 0 spiro atoms. The van der Waals surface area contributed by atoms with Crippen molar-refractivity contribution in [3.05, 3.63) is 83.7 Å². The van der Waals surface area contributed by atoms with E-state index in [0.29, 0.717) is 5.56 Å². The van der Waals surface area contributed by atoms with Gasteiger partial charge in [-0.2, -0.15) is 0 Å². The predicted octanol–water partition coefficient (Wildman–Crippen LogP) is 4.09. The van der Waals surface area contributed by atoms with Crippen LogP contribution in [0.15, 0.2) is 65.8 Å². The Kier molecular flexibility index (Phi) is 11.9. The molecule has 0 fully saturated rings. The van der Waals surface area contributed by atoms with E-state index in [4.69, 9.17) is 9.94 Å². The fourth-order valence-corrected chi connectivity index (χ4v) is 4.29. The SMILES string of the molecule is CC.Cc1ccc(Oc2c(F)cc(S(=O)N(CCN(C)C(=O)c3cccnc3)CC(=O)NO)cc2F)cc1. The van der Waals surface area contributed by atoms with Crippen LogP contribution in [0, 0.1) is 18.6 Å². The van der Waals surface area contributed by atoms with Gasteiger partial charge in [0.1, 0.15) is 16.7 Å². The standard InChI is InChI=1S/C24H24F2N4O5S.C2H6/c1-16-5-7-18(8-6-16)35-23-20(25)12-19(13-21(23)26)36(34)30(15-22(31)28-33)11-10-29(2)24(32)17-4-3-9-27-14-17;1-2/h3-9,12-14,33H,10-11,15H2,1-2H3,(H,28,31);1-2H3. The minimum Gasteiger partial charge on any atom is -0.451 e. The number of rotatable bonds is 10. The van der Waals surface area contributed by atoms with Crippen LogP contribution in [0.1, 0.15) is 29.8 Å². The Hall–Kier alpha value is -3.74. The van der Waals surface area contributed by atoms with Gasteiger partial charge in [0.05, 0.1) is 17.0 Å². The first-order valence-electron chi connectivity index (χ1n) is 11.7. The van der Waals surface area contributed by atoms with E-state index in [1.807, 2.05) is 20.8 Å². The maximum absolute atomic E-state index is 14.7. The van der Waals surface area contributed by atoms with Gasteiger partial charge in [0.15, 0.2) is 17.4 Å². The topological polar surface area (TPSA) is 112 Å². The molecule has 38 heavy (non-hydrogen) atoms. The number of likely N-dealkylation sites (N-methyl/N-ethyl adjacent to an activating group) is 1. The highest BCUT2D eigenvalue weighted by Crippen LogP contribution is 2.30. The van der Waals surface area contributed by atoms with Gasteiger partial charge in [-0.3, -0.25) is 19.8 Å². The molecule has 1 unspecified atom stereocenters. The van der Waals surface area contributed by atoms with Gasteiger partial charge in [0, 0.05) is 32.5 Å². The van der Waals surface area contributed by atoms with Gasteiger partial charge in [0.25, 0.3) is 11.8 Å². The summed E-state index contributed by atoms with van der Waals surface area (Å²) in [6.45, 7) is 5.18. The molecule has 3 rings (SSSR count). The molecule has 0 saturated carbocycles. The molecule has 2 N–H and O–H groups in total. The number of aromatic nitrogens is 1. The fraction of sp³-hybridized carbons (Fsp3) is 0.269. The molecule has 0 saturated heterocycles. The summed E-state index contributed by atoms with van der Waals surface area (Å²) in [7, 11) is -0.721. The third-order valence-electron chi connectivity index (χ3n) is 5.03. The van der Waals surface area contributed by atoms with Crippen LogP contribution in [0.4, 0.5) is 8.78 Å². The Morgan fingerprint density at radius 3 is 2.26 bits per heavy atom. The number of aryl methyl sites for hydroxylation is 1. The average Bonchev–Trinajstić information content (AvgIpc) is 2.94. The molecule has 12 heteroatoms. The Labute approximate surface area is 222 Å². The van der Waals surface area contributed by atoms with E-state index >= 15 is 0 Å². The van der Waals surface area contributed by atoms with Crippen molar-refractivity contribution < 1.29 is 32.5 Å². The van der Waals surface area contributed by atoms with Crippen LogP contribution in [0.5, 0.6) is 11.5 Å². The zero-order valence-electron chi connectivity index (χ0n) is 21.5. The number of ether oxygens (including phenoxy) is 1. The summed E-state index contributed by atoms with van der Waals surface area (Å²) in [5, 5.41) is 8.90. The summed E-state index contributed by atoms with van der Waals surface area (Å²) in [6, 6.07) is 11.4. The van der Waals surface area contributed by atoms with Gasteiger partial charge in [-0.25, -0.2) is 22.8 Å². The second-order valence-electron chi connectivity index (χ2n) is 7.75. The summed E-state index contributed by atoms with van der Waals surface area (Å²) >= 11 is 0. The van der Waals surface area contributed by atoms with Crippen molar-refractivity contribution in [3.8, 4) is 11.5 Å². The zero-order chi connectivity index (χ0) is 28.2. The molecule has 1 aromatic heterocycles. The van der Waals surface area contributed by atoms with Crippen molar-refractivity contribution >= 4 is 22.8 Å². The number of pyridine rings is 1. The van der Waals surface area contributed by atoms with E-state index in [-0.39, 0.29) is 29.6 Å². The summed E-state index contributed by atoms with van der Waals surface area (Å²) in [5.74, 6) is -3.89. The number of nitrogens with one attached hydrogen (secondary N) is 1. The summed E-state index contributed by atoms with van der Waals surface area (Å²) in [4.78, 5) is 29.2. The van der Waals surface area contributed by atoms with Crippen LogP contribution in [0.25, 0.3) is 0 Å². The van der Waals surface area contributed by atoms with Gasteiger partial charge < -0.3 is 9.64 Å². The third-order valence-corrected chi connectivity index (χ3v) is 6.45. The molecule has 204 valence electrons. The second-order valence-corrected chi connectivity index (χ2v) is 9.23. The van der Waals surface area contributed by atoms with Gasteiger partial charge in [-0.1, -0.05) is 31.5 Å². The van der Waals surface area contributed by atoms with Crippen LogP contribution in [-0.4, -0.2) is 62.1 Å². The maximum atomic E-state index is 14.7. The zero-order valence-corrected chi connectivity index (χ0v) is 22.3. The van der Waals surface area contributed by atoms with E-state index < -0.39 is 40.8 Å². The van der Waals surface area contributed by atoms with Crippen LogP contribution >= 0.6 is 0 Å². The lowest BCUT2D eigenvalue weighted by atomic mass is 10.2. The largest absolute Gasteiger partial charge is 0.451 e. The number of halogens is 2. The molecule has 0 aliphatic carbocycles. The number of hydroxylamine groups is 1. The van der Waals surface area contributed by atoms with Crippen LogP contribution in [0.3, 0.4) is 0 Å². The summed E-state index contributed by atoms with van der Waals surface area (Å²) in [5.41, 5.74) is 2.70. The average molecular weight is 549 g/mol. The van der Waals surface area contributed by atoms with Crippen LogP contribution < -0.4 is 10.2 Å². The Balaban J connectivity index is 0.00000247. The van der Waals surface area contributed by atoms with Crippen molar-refractivity contribution in [2.75, 3.05) is 26.7 Å². The van der Waals surface area contributed by atoms with E-state index in [1.54, 1.807) is 36.4 Å². The number of amides is 2. The Morgan fingerprint density at radius 2 is 1.71 bits per heavy atom. The molecule has 2 aromatic carbocycles. The lowest BCUT2D eigenvalue weighted by Gasteiger charge is -2.24. The monoisotopic (exact) mass is 548 g/mol. The first-order chi connectivity index (χ1) is 18.2. The summed E-state index contributed by atoms with van der Waals surface area (Å²) in [6.07, 6.45) is 2.91. The van der Waals surface area contributed by atoms with Crippen LogP contribution in [-0.2, 0) is 15.8 Å². The van der Waals surface area contributed by atoms with Crippen molar-refractivity contribution in [1.29, 1.82) is 0 Å². The number of nitrogens with zero attached hydrogens (tertiary/aromatic N) is 3. The van der Waals surface area contributed by atoms with Gasteiger partial charge >= 0.3 is 0 Å². The molecule has 0 aliphatic rings. The Morgan fingerprint density at radius 1 is 1.08 bits per heavy atom. The van der Waals surface area contributed by atoms with Crippen molar-refractivity contribution in [3.63, 3.8) is 0 Å². The lowest BCUT2D eigenvalue weighted by Crippen LogP contribution is -2.42. The second kappa shape index (κ2) is 14.9. The molecule has 3 aromatic rings. The molecule has 0 aliphatic heterocycles. The fourth-order valence-electron chi connectivity index (χ4n) is 3.10. The van der Waals surface area contributed by atoms with Gasteiger partial charge in [0.2, 0.25) is 0 Å². The third kappa shape index (κ3) is 8.40. The number of benzene rings is 2. The first kappa shape index (κ1) is 30.5. The molecule has 0 bridgehead atoms. The minimum absolute atomic E-state index is 0.0117. The number of hydrogen-bond donors (Lipinski definition) is 2. The van der Waals surface area contributed by atoms with Crippen molar-refractivity contribution in [2.24, 2.45) is 0 Å². The van der Waals surface area contributed by atoms with E-state index in [2.05, 4.69) is 4.98 Å². The highest BCUT2D eigenvalue weighted by Gasteiger charge is 2.24. The quantitative estimate of drug-likeness (QED) is 0.292. The Bertz CT molecular complexity index is 1220. The minimum atomic E-state index is -2.22.